The lowest BCUT2D eigenvalue weighted by atomic mass is 9.96. The second-order valence-corrected chi connectivity index (χ2v) is 7.04. The summed E-state index contributed by atoms with van der Waals surface area (Å²) in [5, 5.41) is 11.9. The molecule has 0 unspecified atom stereocenters. The number of nitrogens with zero attached hydrogens (tertiary/aromatic N) is 4. The number of halogens is 1. The molecule has 0 bridgehead atoms. The fraction of sp³-hybridized carbons (Fsp3) is 0.364. The van der Waals surface area contributed by atoms with Crippen molar-refractivity contribution in [2.45, 2.75) is 26.2 Å². The molecule has 0 saturated heterocycles. The Morgan fingerprint density at radius 3 is 2.79 bits per heavy atom. The molecule has 1 amide bonds. The van der Waals surface area contributed by atoms with Crippen molar-refractivity contribution in [3.63, 3.8) is 0 Å². The number of hydrazine groups is 1. The summed E-state index contributed by atoms with van der Waals surface area (Å²) in [6.45, 7) is 5.97. The average molecular weight is 374 g/mol. The van der Waals surface area contributed by atoms with Crippen LogP contribution in [-0.4, -0.2) is 30.2 Å². The van der Waals surface area contributed by atoms with E-state index in [1.165, 1.54) is 0 Å². The van der Waals surface area contributed by atoms with Crippen molar-refractivity contribution >= 4 is 30.6 Å². The first-order valence-electron chi connectivity index (χ1n) is 5.66. The Bertz CT molecular complexity index is 566. The number of rotatable bonds is 3. The van der Waals surface area contributed by atoms with E-state index in [1.807, 2.05) is 41.0 Å². The van der Waals surface area contributed by atoms with Gasteiger partial charge in [-0.2, -0.15) is 5.53 Å². The van der Waals surface area contributed by atoms with Gasteiger partial charge in [0.25, 0.3) is 5.91 Å². The largest absolute Gasteiger partial charge is 0.270 e. The second-order valence-electron chi connectivity index (χ2n) is 4.89. The van der Waals surface area contributed by atoms with Gasteiger partial charge in [-0.3, -0.25) is 4.79 Å². The molecule has 0 aromatic carbocycles. The van der Waals surface area contributed by atoms with Crippen LogP contribution in [0.4, 0.5) is 0 Å². The monoisotopic (exact) mass is 374 g/mol. The number of amides is 1. The quantitative estimate of drug-likeness (QED) is 0.603. The third-order valence-corrected chi connectivity index (χ3v) is 3.80. The maximum atomic E-state index is 11.8. The minimum atomic E-state index is -0.231. The van der Waals surface area contributed by atoms with Gasteiger partial charge in [0.15, 0.2) is 5.82 Å². The number of aromatic nitrogens is 4. The molecule has 19 heavy (non-hydrogen) atoms. The zero-order valence-electron chi connectivity index (χ0n) is 10.9. The number of tetrazole rings is 1. The van der Waals surface area contributed by atoms with E-state index in [9.17, 15) is 4.79 Å². The molecule has 2 rings (SSSR count). The molecule has 8 heteroatoms. The van der Waals surface area contributed by atoms with Gasteiger partial charge in [0.05, 0.1) is 0 Å². The SMILES string of the molecule is CC(C)(C)c1nnn(NNC(=O)C2=CC=IC=C2)n1. The van der Waals surface area contributed by atoms with Crippen molar-refractivity contribution in [1.82, 2.24) is 25.7 Å². The Morgan fingerprint density at radius 2 is 2.21 bits per heavy atom. The maximum Gasteiger partial charge on any atom is 0.270 e. The molecular formula is C11H15IN6O. The van der Waals surface area contributed by atoms with E-state index in [-0.39, 0.29) is 32.1 Å². The normalized spacial score (nSPS) is 14.6. The molecule has 1 aliphatic heterocycles. The first-order valence-corrected chi connectivity index (χ1v) is 8.15. The summed E-state index contributed by atoms with van der Waals surface area (Å²) < 4.78 is 4.05. The first-order chi connectivity index (χ1) is 8.97. The lowest BCUT2D eigenvalue weighted by Gasteiger charge is -2.11. The molecule has 2 N–H and O–H groups in total. The molecule has 2 heterocycles. The molecule has 0 radical (unpaired) electrons. The number of hydrogen-bond donors (Lipinski definition) is 2. The van der Waals surface area contributed by atoms with Crippen molar-refractivity contribution in [2.75, 3.05) is 5.53 Å². The highest BCUT2D eigenvalue weighted by Crippen LogP contribution is 2.15. The third-order valence-electron chi connectivity index (χ3n) is 2.25. The molecule has 1 aliphatic rings. The Balaban J connectivity index is 1.94. The zero-order chi connectivity index (χ0) is 13.9. The highest BCUT2D eigenvalue weighted by atomic mass is 127. The predicted octanol–water partition coefficient (Wildman–Crippen LogP) is 0.772. The fourth-order valence-corrected chi connectivity index (χ4v) is 2.62. The molecule has 1 aromatic rings. The van der Waals surface area contributed by atoms with Crippen LogP contribution in [0.15, 0.2) is 21.8 Å². The molecule has 0 spiro atoms. The minimum Gasteiger partial charge on any atom is -0.267 e. The molecular weight excluding hydrogens is 359 g/mol. The fourth-order valence-electron chi connectivity index (χ4n) is 1.19. The molecule has 102 valence electrons. The van der Waals surface area contributed by atoms with E-state index in [4.69, 9.17) is 0 Å². The minimum absolute atomic E-state index is 0.0247. The van der Waals surface area contributed by atoms with Crippen LogP contribution in [0.25, 0.3) is 0 Å². The lowest BCUT2D eigenvalue weighted by molar-refractivity contribution is -0.117. The second kappa shape index (κ2) is 5.59. The number of hydrogen-bond acceptors (Lipinski definition) is 5. The molecule has 1 aromatic heterocycles. The summed E-state index contributed by atoms with van der Waals surface area (Å²) in [5.74, 6) is 0.370. The van der Waals surface area contributed by atoms with E-state index >= 15 is 0 Å². The Hall–Kier alpha value is -1.58. The van der Waals surface area contributed by atoms with Gasteiger partial charge < -0.3 is 0 Å². The number of carbonyl (C=O) groups is 1. The Morgan fingerprint density at radius 1 is 1.42 bits per heavy atom. The van der Waals surface area contributed by atoms with Crippen LogP contribution in [0.5, 0.6) is 0 Å². The van der Waals surface area contributed by atoms with Gasteiger partial charge in [-0.15, -0.1) is 10.2 Å². The third kappa shape index (κ3) is 3.69. The van der Waals surface area contributed by atoms with Crippen molar-refractivity contribution in [3.8, 4) is 0 Å². The topological polar surface area (TPSA) is 84.7 Å². The number of carbonyl (C=O) groups excluding carboxylic acids is 1. The molecule has 7 nitrogen and oxygen atoms in total. The molecule has 0 aliphatic carbocycles. The van der Waals surface area contributed by atoms with Gasteiger partial charge in [0.1, 0.15) is 0 Å². The van der Waals surface area contributed by atoms with Gasteiger partial charge in [-0.05, 0) is 30.4 Å². The highest BCUT2D eigenvalue weighted by molar-refractivity contribution is 14.2. The maximum absolute atomic E-state index is 11.8. The van der Waals surface area contributed by atoms with Gasteiger partial charge in [0, 0.05) is 11.0 Å². The van der Waals surface area contributed by atoms with Crippen molar-refractivity contribution < 1.29 is 4.79 Å². The van der Waals surface area contributed by atoms with Crippen LogP contribution < -0.4 is 11.0 Å². The lowest BCUT2D eigenvalue weighted by Crippen LogP contribution is -2.38. The van der Waals surface area contributed by atoms with Crippen LogP contribution in [0, 0.1) is 0 Å². The summed E-state index contributed by atoms with van der Waals surface area (Å²) >= 11 is -0.0247. The van der Waals surface area contributed by atoms with Crippen molar-refractivity contribution in [1.29, 1.82) is 0 Å². The molecule has 0 saturated carbocycles. The van der Waals surface area contributed by atoms with Gasteiger partial charge in [-0.1, -0.05) is 41.5 Å². The average Bonchev–Trinajstić information content (AvgIpc) is 2.86. The van der Waals surface area contributed by atoms with Gasteiger partial charge >= 0.3 is 0 Å². The van der Waals surface area contributed by atoms with E-state index in [2.05, 4.69) is 26.4 Å². The van der Waals surface area contributed by atoms with E-state index in [1.54, 1.807) is 0 Å². The Labute approximate surface area is 120 Å². The van der Waals surface area contributed by atoms with Crippen molar-refractivity contribution in [2.24, 2.45) is 0 Å². The Kier molecular flexibility index (Phi) is 4.08. The van der Waals surface area contributed by atoms with Crippen molar-refractivity contribution in [3.05, 3.63) is 27.6 Å². The number of nitrogens with one attached hydrogen (secondary N) is 2. The zero-order valence-corrected chi connectivity index (χ0v) is 13.0. The summed E-state index contributed by atoms with van der Waals surface area (Å²) in [6.07, 6.45) is 3.64. The van der Waals surface area contributed by atoms with Crippen LogP contribution in [0.1, 0.15) is 26.6 Å². The standard InChI is InChI=1S/C11H15IN6O/c1-11(2,3)10-14-17-18(15-10)16-13-9(19)8-4-6-12-7-5-8/h4-7,16H,1-3H3,(H,13,19). The van der Waals surface area contributed by atoms with Crippen LogP contribution in [0.2, 0.25) is 0 Å². The first kappa shape index (κ1) is 13.8. The summed E-state index contributed by atoms with van der Waals surface area (Å²) in [6, 6.07) is 0. The van der Waals surface area contributed by atoms with E-state index in [0.717, 1.165) is 4.91 Å². The molecule has 0 fully saturated rings. The summed E-state index contributed by atoms with van der Waals surface area (Å²) in [4.78, 5) is 12.9. The van der Waals surface area contributed by atoms with E-state index in [0.29, 0.717) is 11.4 Å². The van der Waals surface area contributed by atoms with Gasteiger partial charge in [-0.25, -0.2) is 5.43 Å². The highest BCUT2D eigenvalue weighted by Gasteiger charge is 2.20. The molecule has 0 atom stereocenters. The van der Waals surface area contributed by atoms with Gasteiger partial charge in [0.2, 0.25) is 0 Å². The van der Waals surface area contributed by atoms with Crippen LogP contribution in [0.3, 0.4) is 0 Å². The summed E-state index contributed by atoms with van der Waals surface area (Å²) in [7, 11) is 0. The predicted molar refractivity (Wildman–Crippen MR) is 81.3 cm³/mol. The smallest absolute Gasteiger partial charge is 0.267 e. The number of allylic oxidation sites excluding steroid dienone is 1. The van der Waals surface area contributed by atoms with E-state index < -0.39 is 0 Å². The van der Waals surface area contributed by atoms with Crippen LogP contribution >= 0.6 is 20.7 Å². The van der Waals surface area contributed by atoms with Crippen LogP contribution in [-0.2, 0) is 10.2 Å². The summed E-state index contributed by atoms with van der Waals surface area (Å²) in [5.41, 5.74) is 5.52.